The van der Waals surface area contributed by atoms with Crippen LogP contribution in [0.1, 0.15) is 16.1 Å². The maximum absolute atomic E-state index is 13.4. The minimum Gasteiger partial charge on any atom is -0.375 e. The summed E-state index contributed by atoms with van der Waals surface area (Å²) in [6.45, 7) is -0.558. The van der Waals surface area contributed by atoms with E-state index < -0.39 is 41.7 Å². The first-order chi connectivity index (χ1) is 14.6. The number of para-hydroxylation sites is 1. The number of imide groups is 1. The molecule has 10 heteroatoms. The minimum absolute atomic E-state index is 0.0138. The van der Waals surface area contributed by atoms with Crippen LogP contribution in [0.4, 0.5) is 23.2 Å². The van der Waals surface area contributed by atoms with E-state index in [1.54, 1.807) is 12.1 Å². The number of carbonyl (C=O) groups excluding carboxylic acids is 2. The number of aromatic nitrogens is 2. The Morgan fingerprint density at radius 2 is 1.74 bits per heavy atom. The Kier molecular flexibility index (Phi) is 6.21. The number of anilines is 1. The van der Waals surface area contributed by atoms with Gasteiger partial charge in [-0.05, 0) is 23.8 Å². The van der Waals surface area contributed by atoms with E-state index in [1.165, 1.54) is 50.6 Å². The van der Waals surface area contributed by atoms with Crippen LogP contribution in [0.25, 0.3) is 11.1 Å². The van der Waals surface area contributed by atoms with Crippen LogP contribution in [0.15, 0.2) is 54.7 Å². The van der Waals surface area contributed by atoms with Crippen LogP contribution in [-0.4, -0.2) is 35.3 Å². The zero-order valence-corrected chi connectivity index (χ0v) is 16.5. The van der Waals surface area contributed by atoms with E-state index in [0.717, 1.165) is 4.68 Å². The van der Waals surface area contributed by atoms with Gasteiger partial charge in [-0.3, -0.25) is 14.3 Å². The topological polar surface area (TPSA) is 64.4 Å². The molecule has 0 saturated carbocycles. The molecule has 0 aliphatic rings. The quantitative estimate of drug-likeness (QED) is 0.567. The fourth-order valence-electron chi connectivity index (χ4n) is 3.05. The molecule has 0 N–H and O–H groups in total. The van der Waals surface area contributed by atoms with E-state index >= 15 is 0 Å². The molecule has 2 amide bonds. The highest BCUT2D eigenvalue weighted by Gasteiger charge is 2.40. The summed E-state index contributed by atoms with van der Waals surface area (Å²) in [7, 11) is 2.45. The first-order valence-electron chi connectivity index (χ1n) is 8.95. The molecule has 31 heavy (non-hydrogen) atoms. The van der Waals surface area contributed by atoms with Crippen LogP contribution in [0.3, 0.4) is 0 Å². The molecule has 1 aromatic heterocycles. The molecule has 2 aromatic carbocycles. The normalized spacial score (nSPS) is 11.4. The Labute approximate surface area is 174 Å². The van der Waals surface area contributed by atoms with Gasteiger partial charge in [0.05, 0.1) is 5.69 Å². The predicted octanol–water partition coefficient (Wildman–Crippen LogP) is 4.06. The first-order valence-corrected chi connectivity index (χ1v) is 8.95. The van der Waals surface area contributed by atoms with Crippen molar-refractivity contribution in [1.82, 2.24) is 9.78 Å². The summed E-state index contributed by atoms with van der Waals surface area (Å²) < 4.78 is 59.4. The van der Waals surface area contributed by atoms with Gasteiger partial charge >= 0.3 is 6.18 Å². The van der Waals surface area contributed by atoms with E-state index in [2.05, 4.69) is 5.10 Å². The number of rotatable bonds is 5. The number of amides is 2. The fraction of sp³-hybridized carbons (Fsp3) is 0.190. The van der Waals surface area contributed by atoms with Gasteiger partial charge in [0.1, 0.15) is 18.0 Å². The molecule has 0 radical (unpaired) electrons. The Morgan fingerprint density at radius 1 is 1.10 bits per heavy atom. The highest BCUT2D eigenvalue weighted by atomic mass is 19.4. The standard InChI is InChI=1S/C21H17F4N3O3/c1-27-11-16(21(23,24)25)19(26-27)20(30)28(18(29)12-31-2)17-6-4-3-5-15(17)13-7-9-14(22)10-8-13/h3-11H,12H2,1-2H3. The van der Waals surface area contributed by atoms with Crippen LogP contribution >= 0.6 is 0 Å². The maximum atomic E-state index is 13.4. The van der Waals surface area contributed by atoms with E-state index in [-0.39, 0.29) is 5.69 Å². The van der Waals surface area contributed by atoms with Crippen LogP contribution in [0, 0.1) is 5.82 Å². The second kappa shape index (κ2) is 8.68. The third-order valence-electron chi connectivity index (χ3n) is 4.36. The molecule has 0 bridgehead atoms. The first kappa shape index (κ1) is 22.2. The number of nitrogens with zero attached hydrogens (tertiary/aromatic N) is 3. The molecular weight excluding hydrogens is 418 g/mol. The molecule has 0 atom stereocenters. The lowest BCUT2D eigenvalue weighted by atomic mass is 10.0. The van der Waals surface area contributed by atoms with Crippen molar-refractivity contribution >= 4 is 17.5 Å². The highest BCUT2D eigenvalue weighted by molar-refractivity contribution is 6.22. The molecule has 162 valence electrons. The number of hydrogen-bond donors (Lipinski definition) is 0. The number of ether oxygens (including phenoxy) is 1. The minimum atomic E-state index is -4.86. The van der Waals surface area contributed by atoms with E-state index in [9.17, 15) is 27.2 Å². The summed E-state index contributed by atoms with van der Waals surface area (Å²) in [5, 5.41) is 3.64. The summed E-state index contributed by atoms with van der Waals surface area (Å²) in [5.74, 6) is -2.64. The van der Waals surface area contributed by atoms with Gasteiger partial charge in [-0.1, -0.05) is 30.3 Å². The third-order valence-corrected chi connectivity index (χ3v) is 4.36. The van der Waals surface area contributed by atoms with Crippen molar-refractivity contribution in [3.8, 4) is 11.1 Å². The zero-order chi connectivity index (χ0) is 22.8. The molecule has 0 aliphatic heterocycles. The SMILES string of the molecule is COCC(=O)N(C(=O)c1nn(C)cc1C(F)(F)F)c1ccccc1-c1ccc(F)cc1. The van der Waals surface area contributed by atoms with Crippen LogP contribution < -0.4 is 4.90 Å². The lowest BCUT2D eigenvalue weighted by Gasteiger charge is -2.23. The van der Waals surface area contributed by atoms with Gasteiger partial charge in [0.25, 0.3) is 11.8 Å². The van der Waals surface area contributed by atoms with Crippen molar-refractivity contribution in [3.05, 3.63) is 71.8 Å². The molecule has 3 rings (SSSR count). The van der Waals surface area contributed by atoms with Crippen molar-refractivity contribution in [2.75, 3.05) is 18.6 Å². The second-order valence-electron chi connectivity index (χ2n) is 6.55. The van der Waals surface area contributed by atoms with Gasteiger partial charge in [-0.15, -0.1) is 0 Å². The van der Waals surface area contributed by atoms with Crippen molar-refractivity contribution in [2.45, 2.75) is 6.18 Å². The number of alkyl halides is 3. The van der Waals surface area contributed by atoms with Crippen LogP contribution in [-0.2, 0) is 22.8 Å². The van der Waals surface area contributed by atoms with Crippen LogP contribution in [0.5, 0.6) is 0 Å². The number of benzene rings is 2. The summed E-state index contributed by atoms with van der Waals surface area (Å²) >= 11 is 0. The van der Waals surface area contributed by atoms with E-state index in [0.29, 0.717) is 22.2 Å². The summed E-state index contributed by atoms with van der Waals surface area (Å²) in [6.07, 6.45) is -4.19. The summed E-state index contributed by atoms with van der Waals surface area (Å²) in [5.41, 5.74) is -1.38. The van der Waals surface area contributed by atoms with Gasteiger partial charge in [0.2, 0.25) is 0 Å². The molecule has 1 heterocycles. The number of halogens is 4. The molecule has 0 aliphatic carbocycles. The molecule has 0 saturated heterocycles. The van der Waals surface area contributed by atoms with Gasteiger partial charge < -0.3 is 4.74 Å². The smallest absolute Gasteiger partial charge is 0.375 e. The largest absolute Gasteiger partial charge is 0.420 e. The lowest BCUT2D eigenvalue weighted by molar-refractivity contribution is -0.138. The highest BCUT2D eigenvalue weighted by Crippen LogP contribution is 2.35. The lowest BCUT2D eigenvalue weighted by Crippen LogP contribution is -2.40. The van der Waals surface area contributed by atoms with Crippen LogP contribution in [0.2, 0.25) is 0 Å². The van der Waals surface area contributed by atoms with Crippen molar-refractivity contribution in [1.29, 1.82) is 0 Å². The van der Waals surface area contributed by atoms with Crippen molar-refractivity contribution < 1.29 is 31.9 Å². The zero-order valence-electron chi connectivity index (χ0n) is 16.5. The average Bonchev–Trinajstić information content (AvgIpc) is 3.12. The van der Waals surface area contributed by atoms with E-state index in [4.69, 9.17) is 4.74 Å². The number of aryl methyl sites for hydroxylation is 1. The predicted molar refractivity (Wildman–Crippen MR) is 104 cm³/mol. The molecule has 0 unspecified atom stereocenters. The Balaban J connectivity index is 2.18. The number of hydrogen-bond acceptors (Lipinski definition) is 4. The molecule has 6 nitrogen and oxygen atoms in total. The second-order valence-corrected chi connectivity index (χ2v) is 6.55. The Morgan fingerprint density at radius 3 is 2.35 bits per heavy atom. The Hall–Kier alpha value is -3.53. The molecular formula is C21H17F4N3O3. The van der Waals surface area contributed by atoms with Crippen molar-refractivity contribution in [3.63, 3.8) is 0 Å². The summed E-state index contributed by atoms with van der Waals surface area (Å²) in [6, 6.07) is 11.3. The maximum Gasteiger partial charge on any atom is 0.420 e. The average molecular weight is 435 g/mol. The van der Waals surface area contributed by atoms with Gasteiger partial charge in [0, 0.05) is 25.9 Å². The van der Waals surface area contributed by atoms with Crippen molar-refractivity contribution in [2.24, 2.45) is 7.05 Å². The Bertz CT molecular complexity index is 1110. The summed E-state index contributed by atoms with van der Waals surface area (Å²) in [4.78, 5) is 26.6. The fourth-order valence-corrected chi connectivity index (χ4v) is 3.05. The van der Waals surface area contributed by atoms with Gasteiger partial charge in [-0.2, -0.15) is 18.3 Å². The molecule has 0 spiro atoms. The van der Waals surface area contributed by atoms with Gasteiger partial charge in [0.15, 0.2) is 5.69 Å². The van der Waals surface area contributed by atoms with E-state index in [1.807, 2.05) is 0 Å². The monoisotopic (exact) mass is 435 g/mol. The third kappa shape index (κ3) is 4.64. The van der Waals surface area contributed by atoms with Gasteiger partial charge in [-0.25, -0.2) is 9.29 Å². The number of methoxy groups -OCH3 is 1. The molecule has 3 aromatic rings. The molecule has 0 fully saturated rings. The number of carbonyl (C=O) groups is 2.